The molecule has 9 heteroatoms. The molecule has 0 spiro atoms. The van der Waals surface area contributed by atoms with Crippen molar-refractivity contribution in [1.29, 1.82) is 0 Å². The highest BCUT2D eigenvalue weighted by Gasteiger charge is 2.21. The number of benzene rings is 2. The van der Waals surface area contributed by atoms with Crippen LogP contribution in [0.4, 0.5) is 5.69 Å². The van der Waals surface area contributed by atoms with Gasteiger partial charge in [-0.05, 0) is 40.2 Å². The van der Waals surface area contributed by atoms with Gasteiger partial charge in [0.15, 0.2) is 11.5 Å². The molecule has 1 N–H and O–H groups in total. The summed E-state index contributed by atoms with van der Waals surface area (Å²) in [5.41, 5.74) is 1.44. The summed E-state index contributed by atoms with van der Waals surface area (Å²) >= 11 is 15.9. The van der Waals surface area contributed by atoms with Gasteiger partial charge in [-0.25, -0.2) is 0 Å². The Kier molecular flexibility index (Phi) is 7.51. The van der Waals surface area contributed by atoms with Crippen molar-refractivity contribution in [3.63, 3.8) is 0 Å². The third-order valence-electron chi connectivity index (χ3n) is 4.80. The van der Waals surface area contributed by atoms with Crippen molar-refractivity contribution in [3.05, 3.63) is 50.4 Å². The van der Waals surface area contributed by atoms with Crippen molar-refractivity contribution in [3.8, 4) is 11.5 Å². The third kappa shape index (κ3) is 5.09. The van der Waals surface area contributed by atoms with Crippen molar-refractivity contribution in [1.82, 2.24) is 10.2 Å². The minimum absolute atomic E-state index is 0.174. The van der Waals surface area contributed by atoms with Crippen LogP contribution >= 0.6 is 39.1 Å². The van der Waals surface area contributed by atoms with Crippen LogP contribution in [0.25, 0.3) is 0 Å². The smallest absolute Gasteiger partial charge is 0.252 e. The Bertz CT molecular complexity index is 890. The SMILES string of the molecule is COc1cc(C(=O)NCN2CCN(c3cccc(Cl)c3Cl)CC2)cc(Br)c1OC. The number of ether oxygens (including phenoxy) is 2. The minimum atomic E-state index is -0.174. The van der Waals surface area contributed by atoms with Crippen LogP contribution in [0.3, 0.4) is 0 Å². The number of amides is 1. The lowest BCUT2D eigenvalue weighted by atomic mass is 10.2. The number of methoxy groups -OCH3 is 2. The molecule has 1 fully saturated rings. The lowest BCUT2D eigenvalue weighted by molar-refractivity contribution is 0.0919. The molecule has 0 unspecified atom stereocenters. The molecule has 156 valence electrons. The van der Waals surface area contributed by atoms with Gasteiger partial charge in [0.25, 0.3) is 5.91 Å². The predicted octanol–water partition coefficient (Wildman–Crippen LogP) is 4.28. The van der Waals surface area contributed by atoms with Gasteiger partial charge < -0.3 is 19.7 Å². The summed E-state index contributed by atoms with van der Waals surface area (Å²) in [6.45, 7) is 3.68. The lowest BCUT2D eigenvalue weighted by Gasteiger charge is -2.36. The zero-order valence-corrected chi connectivity index (χ0v) is 19.3. The fourth-order valence-corrected chi connectivity index (χ4v) is 4.24. The van der Waals surface area contributed by atoms with Gasteiger partial charge in [-0.2, -0.15) is 0 Å². The molecule has 6 nitrogen and oxygen atoms in total. The van der Waals surface area contributed by atoms with Crippen LogP contribution in [0.15, 0.2) is 34.8 Å². The van der Waals surface area contributed by atoms with E-state index in [1.165, 1.54) is 7.11 Å². The summed E-state index contributed by atoms with van der Waals surface area (Å²) in [5.74, 6) is 0.880. The maximum atomic E-state index is 12.6. The molecular weight excluding hydrogens is 481 g/mol. The largest absolute Gasteiger partial charge is 0.493 e. The van der Waals surface area contributed by atoms with E-state index in [0.717, 1.165) is 31.9 Å². The molecule has 1 saturated heterocycles. The van der Waals surface area contributed by atoms with E-state index in [1.807, 2.05) is 12.1 Å². The van der Waals surface area contributed by atoms with Crippen molar-refractivity contribution < 1.29 is 14.3 Å². The molecule has 0 aromatic heterocycles. The first-order valence-corrected chi connectivity index (χ1v) is 10.6. The van der Waals surface area contributed by atoms with Gasteiger partial charge in [-0.15, -0.1) is 0 Å². The molecule has 1 amide bonds. The number of halogens is 3. The van der Waals surface area contributed by atoms with Crippen molar-refractivity contribution in [2.45, 2.75) is 0 Å². The summed E-state index contributed by atoms with van der Waals surface area (Å²) in [7, 11) is 3.09. The molecule has 0 radical (unpaired) electrons. The Balaban J connectivity index is 1.56. The van der Waals surface area contributed by atoms with Gasteiger partial charge in [0.2, 0.25) is 0 Å². The number of hydrogen-bond donors (Lipinski definition) is 1. The Hall–Kier alpha value is -1.67. The number of carbonyl (C=O) groups is 1. The maximum Gasteiger partial charge on any atom is 0.252 e. The molecule has 2 aromatic carbocycles. The van der Waals surface area contributed by atoms with E-state index in [9.17, 15) is 4.79 Å². The summed E-state index contributed by atoms with van der Waals surface area (Å²) in [4.78, 5) is 17.0. The van der Waals surface area contributed by atoms with E-state index in [-0.39, 0.29) is 5.91 Å². The third-order valence-corrected chi connectivity index (χ3v) is 6.20. The molecular formula is C20H22BrCl2N3O3. The predicted molar refractivity (Wildman–Crippen MR) is 120 cm³/mol. The van der Waals surface area contributed by atoms with Crippen LogP contribution in [0.1, 0.15) is 10.4 Å². The number of piperazine rings is 1. The zero-order valence-electron chi connectivity index (χ0n) is 16.2. The quantitative estimate of drug-likeness (QED) is 0.638. The van der Waals surface area contributed by atoms with Crippen LogP contribution < -0.4 is 19.7 Å². The second-order valence-corrected chi connectivity index (χ2v) is 8.18. The Morgan fingerprint density at radius 2 is 1.86 bits per heavy atom. The van der Waals surface area contributed by atoms with E-state index < -0.39 is 0 Å². The highest BCUT2D eigenvalue weighted by Crippen LogP contribution is 2.36. The Labute approximate surface area is 188 Å². The number of carbonyl (C=O) groups excluding carboxylic acids is 1. The molecule has 0 saturated carbocycles. The van der Waals surface area contributed by atoms with E-state index in [4.69, 9.17) is 32.7 Å². The Morgan fingerprint density at radius 1 is 1.14 bits per heavy atom. The van der Waals surface area contributed by atoms with Gasteiger partial charge in [-0.3, -0.25) is 9.69 Å². The topological polar surface area (TPSA) is 54.0 Å². The van der Waals surface area contributed by atoms with Crippen molar-refractivity contribution in [2.24, 2.45) is 0 Å². The fraction of sp³-hybridized carbons (Fsp3) is 0.350. The number of nitrogens with zero attached hydrogens (tertiary/aromatic N) is 2. The first kappa shape index (κ1) is 22.0. The summed E-state index contributed by atoms with van der Waals surface area (Å²) in [6.07, 6.45) is 0. The summed E-state index contributed by atoms with van der Waals surface area (Å²) in [6, 6.07) is 9.04. The first-order valence-electron chi connectivity index (χ1n) is 9.05. The second-order valence-electron chi connectivity index (χ2n) is 6.54. The molecule has 1 aliphatic heterocycles. The summed E-state index contributed by atoms with van der Waals surface area (Å²) < 4.78 is 11.3. The number of nitrogens with one attached hydrogen (secondary N) is 1. The molecule has 0 aliphatic carbocycles. The van der Waals surface area contributed by atoms with Crippen molar-refractivity contribution in [2.75, 3.05) is 52.0 Å². The molecule has 29 heavy (non-hydrogen) atoms. The second kappa shape index (κ2) is 9.89. The number of anilines is 1. The van der Waals surface area contributed by atoms with Crippen LogP contribution in [-0.4, -0.2) is 57.9 Å². The van der Waals surface area contributed by atoms with Gasteiger partial charge >= 0.3 is 0 Å². The van der Waals surface area contributed by atoms with Crippen molar-refractivity contribution >= 4 is 50.7 Å². The zero-order chi connectivity index (χ0) is 21.0. The molecule has 1 heterocycles. The van der Waals surface area contributed by atoms with Gasteiger partial charge in [0.1, 0.15) is 0 Å². The molecule has 0 atom stereocenters. The summed E-state index contributed by atoms with van der Waals surface area (Å²) in [5, 5.41) is 4.10. The number of rotatable bonds is 6. The van der Waals surface area contributed by atoms with E-state index in [1.54, 1.807) is 25.3 Å². The molecule has 2 aromatic rings. The van der Waals surface area contributed by atoms with E-state index in [0.29, 0.717) is 38.2 Å². The minimum Gasteiger partial charge on any atom is -0.493 e. The first-order chi connectivity index (χ1) is 13.9. The Morgan fingerprint density at radius 3 is 2.52 bits per heavy atom. The van der Waals surface area contributed by atoms with Gasteiger partial charge in [0.05, 0.1) is 41.1 Å². The molecule has 1 aliphatic rings. The highest BCUT2D eigenvalue weighted by atomic mass is 79.9. The maximum absolute atomic E-state index is 12.6. The highest BCUT2D eigenvalue weighted by molar-refractivity contribution is 9.10. The monoisotopic (exact) mass is 501 g/mol. The average Bonchev–Trinajstić information content (AvgIpc) is 2.73. The number of hydrogen-bond acceptors (Lipinski definition) is 5. The lowest BCUT2D eigenvalue weighted by Crippen LogP contribution is -2.50. The van der Waals surface area contributed by atoms with Crippen LogP contribution in [0, 0.1) is 0 Å². The van der Waals surface area contributed by atoms with Crippen LogP contribution in [0.5, 0.6) is 11.5 Å². The van der Waals surface area contributed by atoms with Crippen LogP contribution in [-0.2, 0) is 0 Å². The van der Waals surface area contributed by atoms with E-state index >= 15 is 0 Å². The molecule has 3 rings (SSSR count). The van der Waals surface area contributed by atoms with E-state index in [2.05, 4.69) is 31.0 Å². The van der Waals surface area contributed by atoms with Gasteiger partial charge in [0, 0.05) is 31.7 Å². The molecule has 0 bridgehead atoms. The standard InChI is InChI=1S/C20H22BrCl2N3O3/c1-28-17-11-13(10-14(21)19(17)29-2)20(27)24-12-25-6-8-26(9-7-25)16-5-3-4-15(22)18(16)23/h3-5,10-11H,6-9,12H2,1-2H3,(H,24,27). The normalized spacial score (nSPS) is 14.6. The van der Waals surface area contributed by atoms with Crippen LogP contribution in [0.2, 0.25) is 10.0 Å². The van der Waals surface area contributed by atoms with Gasteiger partial charge in [-0.1, -0.05) is 29.3 Å². The fourth-order valence-electron chi connectivity index (χ4n) is 3.22. The average molecular weight is 503 g/mol.